The van der Waals surface area contributed by atoms with Gasteiger partial charge >= 0.3 is 35.5 Å². The van der Waals surface area contributed by atoms with Gasteiger partial charge in [-0.2, -0.15) is 8.42 Å². The molecule has 7 nitrogen and oxygen atoms in total. The Bertz CT molecular complexity index is 947. The van der Waals surface area contributed by atoms with Crippen LogP contribution in [0.5, 0.6) is 0 Å². The van der Waals surface area contributed by atoms with Crippen LogP contribution in [0.1, 0.15) is 37.3 Å². The second kappa shape index (κ2) is 12.9. The zero-order valence-electron chi connectivity index (χ0n) is 17.2. The van der Waals surface area contributed by atoms with Crippen molar-refractivity contribution in [1.29, 1.82) is 0 Å². The number of aliphatic imine (C=N–C) groups is 1. The number of ether oxygens (including phenoxy) is 1. The van der Waals surface area contributed by atoms with E-state index in [0.717, 1.165) is 24.5 Å². The fraction of sp³-hybridized carbons (Fsp3) is 0.333. The molecule has 0 spiro atoms. The zero-order chi connectivity index (χ0) is 21.3. The van der Waals surface area contributed by atoms with Crippen LogP contribution in [-0.2, 0) is 26.1 Å². The number of rotatable bonds is 10. The minimum Gasteiger partial charge on any atom is -0.858 e. The monoisotopic (exact) mass is 441 g/mol. The SMILES string of the molecule is CCCCCOC(=O)[C@H](Cc1ccccc1)N=C([O-])c1ccccc1S(=O)(=O)O.[Na+]. The third kappa shape index (κ3) is 8.20. The number of carbonyl (C=O) groups excluding carboxylic acids is 1. The topological polar surface area (TPSA) is 116 Å². The molecule has 0 saturated heterocycles. The smallest absolute Gasteiger partial charge is 0.858 e. The second-order valence-corrected chi connectivity index (χ2v) is 7.88. The van der Waals surface area contributed by atoms with Crippen molar-refractivity contribution < 1.29 is 57.2 Å². The van der Waals surface area contributed by atoms with Gasteiger partial charge in [-0.15, -0.1) is 0 Å². The third-order valence-electron chi connectivity index (χ3n) is 4.20. The van der Waals surface area contributed by atoms with E-state index in [2.05, 4.69) is 4.99 Å². The van der Waals surface area contributed by atoms with Gasteiger partial charge in [0, 0.05) is 12.0 Å². The predicted octanol–water partition coefficient (Wildman–Crippen LogP) is -0.611. The van der Waals surface area contributed by atoms with Gasteiger partial charge in [-0.05, 0) is 23.9 Å². The molecule has 0 amide bonds. The van der Waals surface area contributed by atoms with Crippen LogP contribution in [-0.4, -0.2) is 37.5 Å². The van der Waals surface area contributed by atoms with E-state index in [9.17, 15) is 22.9 Å². The number of esters is 1. The van der Waals surface area contributed by atoms with Gasteiger partial charge in [-0.1, -0.05) is 68.3 Å². The van der Waals surface area contributed by atoms with Gasteiger partial charge in [0.15, 0.2) is 6.04 Å². The average molecular weight is 441 g/mol. The van der Waals surface area contributed by atoms with E-state index < -0.39 is 32.9 Å². The summed E-state index contributed by atoms with van der Waals surface area (Å²) in [5.74, 6) is -1.56. The number of benzene rings is 2. The Balaban J connectivity index is 0.00000450. The maximum absolute atomic E-state index is 12.6. The molecule has 0 bridgehead atoms. The van der Waals surface area contributed by atoms with Crippen molar-refractivity contribution in [2.45, 2.75) is 43.5 Å². The fourth-order valence-electron chi connectivity index (χ4n) is 2.72. The van der Waals surface area contributed by atoms with Crippen LogP contribution >= 0.6 is 0 Å². The summed E-state index contributed by atoms with van der Waals surface area (Å²) in [6.45, 7) is 2.25. The molecule has 9 heteroatoms. The van der Waals surface area contributed by atoms with E-state index in [-0.39, 0.29) is 48.1 Å². The Morgan fingerprint density at radius 2 is 1.73 bits per heavy atom. The Hall–Kier alpha value is -1.71. The Morgan fingerprint density at radius 3 is 2.37 bits per heavy atom. The van der Waals surface area contributed by atoms with Crippen LogP contribution < -0.4 is 34.7 Å². The summed E-state index contributed by atoms with van der Waals surface area (Å²) in [5.41, 5.74) is 0.481. The van der Waals surface area contributed by atoms with Crippen LogP contribution in [0.15, 0.2) is 64.5 Å². The minimum absolute atomic E-state index is 0. The molecule has 2 aromatic rings. The minimum atomic E-state index is -4.61. The van der Waals surface area contributed by atoms with E-state index in [4.69, 9.17) is 4.74 Å². The second-order valence-electron chi connectivity index (χ2n) is 6.49. The maximum atomic E-state index is 12.6. The number of carbonyl (C=O) groups is 1. The Kier molecular flexibility index (Phi) is 11.3. The fourth-order valence-corrected chi connectivity index (χ4v) is 3.40. The largest absolute Gasteiger partial charge is 1.00 e. The van der Waals surface area contributed by atoms with Gasteiger partial charge in [0.2, 0.25) is 0 Å². The van der Waals surface area contributed by atoms with Gasteiger partial charge in [0.25, 0.3) is 10.1 Å². The van der Waals surface area contributed by atoms with Crippen molar-refractivity contribution in [1.82, 2.24) is 0 Å². The Labute approximate surface area is 199 Å². The zero-order valence-corrected chi connectivity index (χ0v) is 20.0. The molecular weight excluding hydrogens is 417 g/mol. The van der Waals surface area contributed by atoms with Crippen molar-refractivity contribution in [3.8, 4) is 0 Å². The van der Waals surface area contributed by atoms with Gasteiger partial charge in [-0.25, -0.2) is 4.79 Å². The number of hydrogen-bond acceptors (Lipinski definition) is 6. The summed E-state index contributed by atoms with van der Waals surface area (Å²) >= 11 is 0. The van der Waals surface area contributed by atoms with Gasteiger partial charge in [0.1, 0.15) is 4.90 Å². The molecule has 1 atom stereocenters. The first-order valence-corrected chi connectivity index (χ1v) is 10.8. The van der Waals surface area contributed by atoms with E-state index in [0.29, 0.717) is 6.42 Å². The van der Waals surface area contributed by atoms with Crippen LogP contribution in [0, 0.1) is 0 Å². The van der Waals surface area contributed by atoms with Crippen LogP contribution in [0.2, 0.25) is 0 Å². The van der Waals surface area contributed by atoms with Gasteiger partial charge in [-0.3, -0.25) is 9.55 Å². The van der Waals surface area contributed by atoms with E-state index >= 15 is 0 Å². The molecule has 30 heavy (non-hydrogen) atoms. The average Bonchev–Trinajstić information content (AvgIpc) is 2.70. The van der Waals surface area contributed by atoms with Crippen molar-refractivity contribution in [3.63, 3.8) is 0 Å². The molecule has 0 fully saturated rings. The summed E-state index contributed by atoms with van der Waals surface area (Å²) in [7, 11) is -4.61. The Morgan fingerprint density at radius 1 is 1.10 bits per heavy atom. The van der Waals surface area contributed by atoms with E-state index in [1.54, 1.807) is 24.3 Å². The predicted molar refractivity (Wildman–Crippen MR) is 107 cm³/mol. The molecule has 0 aliphatic heterocycles. The molecular formula is C21H24NNaO6S. The molecule has 0 radical (unpaired) electrons. The molecule has 2 aromatic carbocycles. The van der Waals surface area contributed by atoms with Crippen molar-refractivity contribution in [3.05, 3.63) is 65.7 Å². The van der Waals surface area contributed by atoms with E-state index in [1.165, 1.54) is 18.2 Å². The first-order chi connectivity index (χ1) is 13.8. The van der Waals surface area contributed by atoms with Gasteiger partial charge < -0.3 is 9.84 Å². The third-order valence-corrected chi connectivity index (χ3v) is 5.12. The summed E-state index contributed by atoms with van der Waals surface area (Å²) in [4.78, 5) is 15.9. The standard InChI is InChI=1S/C21H25NO6S.Na/c1-2-3-9-14-28-21(24)18(15-16-10-5-4-6-11-16)22-20(23)17-12-7-8-13-19(17)29(25,26)27;/h4-8,10-13,18H,2-3,9,14-15H2,1H3,(H,22,23)(H,25,26,27);/q;+1/p-1/t18-;/m0./s1. The summed E-state index contributed by atoms with van der Waals surface area (Å²) in [5, 5.41) is 12.6. The van der Waals surface area contributed by atoms with Crippen LogP contribution in [0.3, 0.4) is 0 Å². The number of nitrogens with zero attached hydrogens (tertiary/aromatic N) is 1. The van der Waals surface area contributed by atoms with Crippen molar-refractivity contribution >= 4 is 22.0 Å². The quantitative estimate of drug-likeness (QED) is 0.131. The normalized spacial score (nSPS) is 12.7. The van der Waals surface area contributed by atoms with E-state index in [1.807, 2.05) is 13.0 Å². The summed E-state index contributed by atoms with van der Waals surface area (Å²) in [6, 6.07) is 13.1. The molecule has 1 N–H and O–H groups in total. The van der Waals surface area contributed by atoms with Crippen LogP contribution in [0.4, 0.5) is 0 Å². The molecule has 2 rings (SSSR count). The first kappa shape index (κ1) is 26.3. The molecule has 0 aromatic heterocycles. The van der Waals surface area contributed by atoms with Crippen molar-refractivity contribution in [2.24, 2.45) is 4.99 Å². The molecule has 0 aliphatic carbocycles. The number of unbranched alkanes of at least 4 members (excludes halogenated alkanes) is 2. The first-order valence-electron chi connectivity index (χ1n) is 9.35. The van der Waals surface area contributed by atoms with Crippen molar-refractivity contribution in [2.75, 3.05) is 6.61 Å². The molecule has 0 unspecified atom stereocenters. The molecule has 156 valence electrons. The van der Waals surface area contributed by atoms with Gasteiger partial charge in [0.05, 0.1) is 6.61 Å². The van der Waals surface area contributed by atoms with Crippen LogP contribution in [0.25, 0.3) is 0 Å². The molecule has 0 saturated carbocycles. The summed E-state index contributed by atoms with van der Waals surface area (Å²) < 4.78 is 37.7. The number of hydrogen-bond donors (Lipinski definition) is 1. The summed E-state index contributed by atoms with van der Waals surface area (Å²) in [6.07, 6.45) is 2.72. The molecule has 0 aliphatic rings. The molecule has 0 heterocycles. The maximum Gasteiger partial charge on any atom is 1.00 e.